The number of aromatic nitrogens is 1. The molecule has 1 amide bonds. The number of thiazole rings is 1. The molecule has 3 rings (SSSR count). The Morgan fingerprint density at radius 3 is 2.68 bits per heavy atom. The number of nitrogens with one attached hydrogen (secondary N) is 1. The molecule has 2 aromatic rings. The van der Waals surface area contributed by atoms with Gasteiger partial charge in [-0.1, -0.05) is 49.2 Å². The molecule has 1 fully saturated rings. The highest BCUT2D eigenvalue weighted by molar-refractivity contribution is 7.16. The number of benzene rings is 1. The lowest BCUT2D eigenvalue weighted by Crippen LogP contribution is -2.35. The largest absolute Gasteiger partial charge is 0.353 e. The Kier molecular flexibility index (Phi) is 4.93. The zero-order valence-electron chi connectivity index (χ0n) is 12.7. The molecule has 1 aliphatic carbocycles. The topological polar surface area (TPSA) is 51.1 Å². The second kappa shape index (κ2) is 7.09. The summed E-state index contributed by atoms with van der Waals surface area (Å²) >= 11 is 1.24. The van der Waals surface area contributed by atoms with Gasteiger partial charge in [-0.25, -0.2) is 0 Å². The van der Waals surface area contributed by atoms with Gasteiger partial charge in [0.15, 0.2) is 0 Å². The summed E-state index contributed by atoms with van der Waals surface area (Å²) < 4.78 is 2.70. The molecular formula is C17H22N2O2S. The Bertz CT molecular complexity index is 696. The van der Waals surface area contributed by atoms with Gasteiger partial charge < -0.3 is 5.32 Å². The fraction of sp³-hybridized carbons (Fsp3) is 0.529. The maximum absolute atomic E-state index is 12.1. The summed E-state index contributed by atoms with van der Waals surface area (Å²) in [7, 11) is 0. The van der Waals surface area contributed by atoms with Crippen LogP contribution in [0.15, 0.2) is 29.1 Å². The SMILES string of the molecule is O=C(CCn1c(=O)sc2ccccc21)NC1CCCCCC1. The Labute approximate surface area is 134 Å². The van der Waals surface area contributed by atoms with Crippen molar-refractivity contribution in [1.29, 1.82) is 0 Å². The lowest BCUT2D eigenvalue weighted by atomic mass is 10.1. The van der Waals surface area contributed by atoms with Crippen LogP contribution in [0.1, 0.15) is 44.9 Å². The second-order valence-electron chi connectivity index (χ2n) is 5.99. The maximum Gasteiger partial charge on any atom is 0.308 e. The molecule has 1 aromatic heterocycles. The Balaban J connectivity index is 1.60. The predicted octanol–water partition coefficient (Wildman–Crippen LogP) is 3.29. The first-order chi connectivity index (χ1) is 10.7. The third kappa shape index (κ3) is 3.58. The molecule has 5 heteroatoms. The van der Waals surface area contributed by atoms with Crippen LogP contribution in [0.3, 0.4) is 0 Å². The van der Waals surface area contributed by atoms with Crippen LogP contribution in [0.5, 0.6) is 0 Å². The van der Waals surface area contributed by atoms with E-state index in [0.717, 1.165) is 23.1 Å². The van der Waals surface area contributed by atoms with Crippen molar-refractivity contribution >= 4 is 27.5 Å². The number of para-hydroxylation sites is 1. The van der Waals surface area contributed by atoms with E-state index >= 15 is 0 Å². The molecule has 0 atom stereocenters. The van der Waals surface area contributed by atoms with E-state index in [0.29, 0.717) is 19.0 Å². The highest BCUT2D eigenvalue weighted by Gasteiger charge is 2.15. The monoisotopic (exact) mass is 318 g/mol. The minimum atomic E-state index is 0.0171. The van der Waals surface area contributed by atoms with Gasteiger partial charge >= 0.3 is 4.87 Å². The summed E-state index contributed by atoms with van der Waals surface area (Å²) in [5.41, 5.74) is 0.930. The van der Waals surface area contributed by atoms with Gasteiger partial charge in [0, 0.05) is 19.0 Å². The van der Waals surface area contributed by atoms with E-state index in [1.807, 2.05) is 24.3 Å². The second-order valence-corrected chi connectivity index (χ2v) is 6.99. The fourth-order valence-electron chi connectivity index (χ4n) is 3.16. The van der Waals surface area contributed by atoms with Gasteiger partial charge in [0.1, 0.15) is 0 Å². The first-order valence-electron chi connectivity index (χ1n) is 8.12. The third-order valence-electron chi connectivity index (χ3n) is 4.36. The van der Waals surface area contributed by atoms with E-state index in [1.54, 1.807) is 4.57 Å². The molecule has 1 heterocycles. The van der Waals surface area contributed by atoms with Crippen molar-refractivity contribution in [3.8, 4) is 0 Å². The summed E-state index contributed by atoms with van der Waals surface area (Å²) in [4.78, 5) is 24.2. The van der Waals surface area contributed by atoms with Crippen molar-refractivity contribution in [3.05, 3.63) is 33.9 Å². The Morgan fingerprint density at radius 2 is 1.91 bits per heavy atom. The molecule has 0 radical (unpaired) electrons. The smallest absolute Gasteiger partial charge is 0.308 e. The lowest BCUT2D eigenvalue weighted by Gasteiger charge is -2.16. The first-order valence-corrected chi connectivity index (χ1v) is 8.93. The average Bonchev–Trinajstić information content (AvgIpc) is 2.67. The number of fused-ring (bicyclic) bond motifs is 1. The summed E-state index contributed by atoms with van der Waals surface area (Å²) in [5, 5.41) is 3.14. The van der Waals surface area contributed by atoms with Crippen LogP contribution >= 0.6 is 11.3 Å². The number of hydrogen-bond donors (Lipinski definition) is 1. The number of rotatable bonds is 4. The molecule has 0 spiro atoms. The van der Waals surface area contributed by atoms with Crippen molar-refractivity contribution in [2.24, 2.45) is 0 Å². The number of carbonyl (C=O) groups is 1. The molecule has 0 bridgehead atoms. The molecule has 0 aliphatic heterocycles. The van der Waals surface area contributed by atoms with Crippen LogP contribution in [0.4, 0.5) is 0 Å². The van der Waals surface area contributed by atoms with Gasteiger partial charge in [-0.15, -0.1) is 0 Å². The highest BCUT2D eigenvalue weighted by Crippen LogP contribution is 2.18. The van der Waals surface area contributed by atoms with E-state index in [2.05, 4.69) is 5.32 Å². The summed E-state index contributed by atoms with van der Waals surface area (Å²) in [6.45, 7) is 0.460. The average molecular weight is 318 g/mol. The fourth-order valence-corrected chi connectivity index (χ4v) is 4.08. The van der Waals surface area contributed by atoms with Crippen molar-refractivity contribution in [3.63, 3.8) is 0 Å². The van der Waals surface area contributed by atoms with Gasteiger partial charge in [0.2, 0.25) is 5.91 Å². The summed E-state index contributed by atoms with van der Waals surface area (Å²) in [6.07, 6.45) is 7.53. The zero-order chi connectivity index (χ0) is 15.4. The molecular weight excluding hydrogens is 296 g/mol. The van der Waals surface area contributed by atoms with Crippen LogP contribution in [0.25, 0.3) is 10.2 Å². The minimum Gasteiger partial charge on any atom is -0.353 e. The van der Waals surface area contributed by atoms with Gasteiger partial charge in [-0.3, -0.25) is 14.2 Å². The number of nitrogens with zero attached hydrogens (tertiary/aromatic N) is 1. The number of carbonyl (C=O) groups excluding carboxylic acids is 1. The van der Waals surface area contributed by atoms with Crippen molar-refractivity contribution in [2.75, 3.05) is 0 Å². The van der Waals surface area contributed by atoms with Crippen LogP contribution in [-0.4, -0.2) is 16.5 Å². The standard InChI is InChI=1S/C17H22N2O2S/c20-16(18-13-7-3-1-2-4-8-13)11-12-19-14-9-5-6-10-15(14)22-17(19)21/h5-6,9-10,13H,1-4,7-8,11-12H2,(H,18,20). The minimum absolute atomic E-state index is 0.0171. The first kappa shape index (κ1) is 15.3. The molecule has 118 valence electrons. The quantitative estimate of drug-likeness (QED) is 0.880. The molecule has 1 aromatic carbocycles. The predicted molar refractivity (Wildman–Crippen MR) is 90.3 cm³/mol. The lowest BCUT2D eigenvalue weighted by molar-refractivity contribution is -0.122. The summed E-state index contributed by atoms with van der Waals surface area (Å²) in [5.74, 6) is 0.0640. The molecule has 1 N–H and O–H groups in total. The summed E-state index contributed by atoms with van der Waals surface area (Å²) in [6, 6.07) is 8.07. The van der Waals surface area contributed by atoms with Crippen molar-refractivity contribution < 1.29 is 4.79 Å². The van der Waals surface area contributed by atoms with Crippen LogP contribution in [0.2, 0.25) is 0 Å². The van der Waals surface area contributed by atoms with Gasteiger partial charge in [-0.2, -0.15) is 0 Å². The molecule has 1 aliphatic rings. The number of hydrogen-bond acceptors (Lipinski definition) is 3. The van der Waals surface area contributed by atoms with Crippen LogP contribution in [0, 0.1) is 0 Å². The van der Waals surface area contributed by atoms with Crippen LogP contribution < -0.4 is 10.2 Å². The molecule has 1 saturated carbocycles. The maximum atomic E-state index is 12.1. The van der Waals surface area contributed by atoms with Crippen molar-refractivity contribution in [2.45, 2.75) is 57.5 Å². The van der Waals surface area contributed by atoms with Gasteiger partial charge in [0.25, 0.3) is 0 Å². The van der Waals surface area contributed by atoms with E-state index in [9.17, 15) is 9.59 Å². The number of amides is 1. The van der Waals surface area contributed by atoms with Crippen LogP contribution in [-0.2, 0) is 11.3 Å². The van der Waals surface area contributed by atoms with Gasteiger partial charge in [0.05, 0.1) is 10.2 Å². The molecule has 0 saturated heterocycles. The van der Waals surface area contributed by atoms with Crippen molar-refractivity contribution in [1.82, 2.24) is 9.88 Å². The van der Waals surface area contributed by atoms with E-state index < -0.39 is 0 Å². The molecule has 22 heavy (non-hydrogen) atoms. The Hall–Kier alpha value is -1.62. The molecule has 4 nitrogen and oxygen atoms in total. The third-order valence-corrected chi connectivity index (χ3v) is 5.32. The van der Waals surface area contributed by atoms with E-state index in [-0.39, 0.29) is 10.8 Å². The molecule has 0 unspecified atom stereocenters. The zero-order valence-corrected chi connectivity index (χ0v) is 13.5. The normalized spacial score (nSPS) is 16.5. The highest BCUT2D eigenvalue weighted by atomic mass is 32.1. The number of aryl methyl sites for hydroxylation is 1. The van der Waals surface area contributed by atoms with E-state index in [4.69, 9.17) is 0 Å². The van der Waals surface area contributed by atoms with Gasteiger partial charge in [-0.05, 0) is 25.0 Å². The van der Waals surface area contributed by atoms with E-state index in [1.165, 1.54) is 37.0 Å². The Morgan fingerprint density at radius 1 is 1.18 bits per heavy atom.